The first-order valence-electron chi connectivity index (χ1n) is 5.71. The van der Waals surface area contributed by atoms with Crippen molar-refractivity contribution in [1.82, 2.24) is 4.98 Å². The molecule has 0 aliphatic rings. The van der Waals surface area contributed by atoms with Crippen molar-refractivity contribution in [2.24, 2.45) is 0 Å². The number of phenolic OH excluding ortho intramolecular Hbond substituents is 1. The van der Waals surface area contributed by atoms with Crippen molar-refractivity contribution in [3.8, 4) is 5.75 Å². The number of benzene rings is 1. The number of carbonyl (C=O) groups is 1. The average molecular weight is 222 g/mol. The third kappa shape index (κ3) is 1.79. The van der Waals surface area contributed by atoms with Crippen LogP contribution in [-0.4, -0.2) is 21.2 Å². The van der Waals surface area contributed by atoms with Crippen LogP contribution < -0.4 is 5.72 Å². The van der Waals surface area contributed by atoms with Gasteiger partial charge in [-0.1, -0.05) is 0 Å². The molecule has 5 N–H and O–H groups in total. The van der Waals surface area contributed by atoms with Crippen molar-refractivity contribution >= 4 is 22.7 Å². The van der Waals surface area contributed by atoms with Crippen molar-refractivity contribution < 1.29 is 17.8 Å². The van der Waals surface area contributed by atoms with E-state index in [0.29, 0.717) is 22.2 Å². The van der Waals surface area contributed by atoms with Gasteiger partial charge in [-0.05, 0) is 24.6 Å². The van der Waals surface area contributed by atoms with E-state index in [-0.39, 0.29) is 24.4 Å². The molecule has 0 spiro atoms. The number of rotatable bonds is 4. The predicted molar refractivity (Wildman–Crippen MR) is 60.3 cm³/mol. The molecule has 0 bridgehead atoms. The molecule has 0 radical (unpaired) electrons. The lowest BCUT2D eigenvalue weighted by Crippen LogP contribution is -1.99. The second kappa shape index (κ2) is 3.77. The first-order chi connectivity index (χ1) is 8.49. The number of aromatic nitrogens is 1. The Bertz CT molecular complexity index is 595. The highest BCUT2D eigenvalue weighted by Crippen LogP contribution is 2.28. The van der Waals surface area contributed by atoms with Gasteiger partial charge in [0.05, 0.1) is 0 Å². The number of aliphatic carboxylic acids is 1. The van der Waals surface area contributed by atoms with Gasteiger partial charge >= 0.3 is 5.97 Å². The molecule has 5 heteroatoms. The van der Waals surface area contributed by atoms with Gasteiger partial charge in [0.2, 0.25) is 0 Å². The van der Waals surface area contributed by atoms with Crippen LogP contribution in [0.2, 0.25) is 2.82 Å². The molecular weight excluding hydrogens is 208 g/mol. The molecule has 0 aliphatic carbocycles. The van der Waals surface area contributed by atoms with E-state index >= 15 is 0 Å². The number of aryl methyl sites for hydroxylation is 1. The smallest absolute Gasteiger partial charge is 0.303 e. The second-order valence-corrected chi connectivity index (χ2v) is 3.58. The quantitative estimate of drug-likeness (QED) is 0.629. The van der Waals surface area contributed by atoms with E-state index in [2.05, 4.69) is 4.98 Å². The Labute approximate surface area is 94.4 Å². The molecule has 1 heterocycles. The van der Waals surface area contributed by atoms with Crippen LogP contribution in [0.25, 0.3) is 10.9 Å². The summed E-state index contributed by atoms with van der Waals surface area (Å²) in [5.74, 6) is -0.667. The summed E-state index contributed by atoms with van der Waals surface area (Å²) in [6.07, 6.45) is 0.103. The van der Waals surface area contributed by atoms with Gasteiger partial charge < -0.3 is 20.9 Å². The minimum absolute atomic E-state index is 0.0612. The van der Waals surface area contributed by atoms with Crippen LogP contribution in [0, 0.1) is 0 Å². The highest BCUT2D eigenvalue weighted by molar-refractivity contribution is 5.89. The Morgan fingerprint density at radius 3 is 3.06 bits per heavy atom. The van der Waals surface area contributed by atoms with Crippen molar-refractivity contribution in [2.45, 2.75) is 12.8 Å². The number of aromatic amines is 1. The lowest BCUT2D eigenvalue weighted by molar-refractivity contribution is -0.136. The van der Waals surface area contributed by atoms with Crippen molar-refractivity contribution in [2.75, 3.05) is 5.72 Å². The van der Waals surface area contributed by atoms with Gasteiger partial charge in [0.1, 0.15) is 11.6 Å². The van der Waals surface area contributed by atoms with E-state index in [1.807, 2.05) is 0 Å². The molecule has 0 unspecified atom stereocenters. The zero-order chi connectivity index (χ0) is 13.3. The molecule has 0 atom stereocenters. The van der Waals surface area contributed by atoms with Crippen LogP contribution in [0.3, 0.4) is 0 Å². The Hall–Kier alpha value is -2.17. The highest BCUT2D eigenvalue weighted by atomic mass is 16.4. The molecule has 0 aliphatic heterocycles. The number of anilines is 1. The minimum Gasteiger partial charge on any atom is -0.508 e. The van der Waals surface area contributed by atoms with Crippen LogP contribution >= 0.6 is 0 Å². The van der Waals surface area contributed by atoms with Gasteiger partial charge in [0.25, 0.3) is 0 Å². The van der Waals surface area contributed by atoms with Crippen LogP contribution in [0.4, 0.5) is 5.82 Å². The lowest BCUT2D eigenvalue weighted by Gasteiger charge is -1.98. The summed E-state index contributed by atoms with van der Waals surface area (Å²) in [4.78, 5) is 13.5. The number of carboxylic acids is 1. The van der Waals surface area contributed by atoms with E-state index in [1.54, 1.807) is 6.07 Å². The normalized spacial score (nSPS) is 12.2. The number of hydrogen-bond acceptors (Lipinski definition) is 3. The molecule has 0 amide bonds. The number of nitrogen functional groups attached to an aromatic ring is 1. The third-order valence-corrected chi connectivity index (χ3v) is 2.46. The molecule has 16 heavy (non-hydrogen) atoms. The maximum Gasteiger partial charge on any atom is 0.303 e. The third-order valence-electron chi connectivity index (χ3n) is 2.46. The van der Waals surface area contributed by atoms with Gasteiger partial charge in [0, 0.05) is 22.9 Å². The zero-order valence-corrected chi connectivity index (χ0v) is 8.40. The number of carboxylic acid groups (broad SMARTS) is 1. The fourth-order valence-corrected chi connectivity index (χ4v) is 1.71. The number of nitrogens with two attached hydrogens (primary N) is 1. The number of aromatic hydroxyl groups is 1. The van der Waals surface area contributed by atoms with Gasteiger partial charge in [-0.3, -0.25) is 4.79 Å². The van der Waals surface area contributed by atoms with Crippen LogP contribution in [-0.2, 0) is 11.2 Å². The summed E-state index contributed by atoms with van der Waals surface area (Å²) in [5.41, 5.74) is 1.62. The Morgan fingerprint density at radius 1 is 1.56 bits per heavy atom. The molecule has 1 aromatic heterocycles. The minimum atomic E-state index is -0.947. The molecule has 2 aromatic rings. The first kappa shape index (κ1) is 8.04. The maximum absolute atomic E-state index is 10.6. The van der Waals surface area contributed by atoms with E-state index in [1.165, 1.54) is 12.1 Å². The SMILES string of the molecule is [2H]N([2H])c1[nH]c2ccc(O)cc2c1CCC(=O)O. The average Bonchev–Trinajstić information content (AvgIpc) is 2.64. The molecular formula is C11H12N2O3. The van der Waals surface area contributed by atoms with Crippen molar-refractivity contribution in [1.29, 1.82) is 0 Å². The number of H-pyrrole nitrogens is 1. The summed E-state index contributed by atoms with van der Waals surface area (Å²) in [5, 5.41) is 18.8. The lowest BCUT2D eigenvalue weighted by atomic mass is 10.1. The number of phenols is 1. The number of hydrogen-bond donors (Lipinski definition) is 4. The molecule has 84 valence electrons. The van der Waals surface area contributed by atoms with Gasteiger partial charge in [-0.15, -0.1) is 0 Å². The Balaban J connectivity index is 2.53. The molecule has 5 nitrogen and oxygen atoms in total. The van der Waals surface area contributed by atoms with Crippen molar-refractivity contribution in [3.63, 3.8) is 0 Å². The Morgan fingerprint density at radius 2 is 2.38 bits per heavy atom. The van der Waals surface area contributed by atoms with Crippen LogP contribution in [0.15, 0.2) is 18.2 Å². The summed E-state index contributed by atoms with van der Waals surface area (Å²) in [6, 6.07) is 4.61. The molecule has 0 fully saturated rings. The first-order valence-corrected chi connectivity index (χ1v) is 4.82. The van der Waals surface area contributed by atoms with Crippen molar-refractivity contribution in [3.05, 3.63) is 23.8 Å². The van der Waals surface area contributed by atoms with Crippen LogP contribution in [0.1, 0.15) is 12.0 Å². The molecule has 0 saturated carbocycles. The summed E-state index contributed by atoms with van der Waals surface area (Å²) >= 11 is 0. The number of fused-ring (bicyclic) bond motifs is 1. The topological polar surface area (TPSA) is 99.3 Å². The van der Waals surface area contributed by atoms with E-state index in [9.17, 15) is 9.90 Å². The summed E-state index contributed by atoms with van der Waals surface area (Å²) in [6.45, 7) is 0. The summed E-state index contributed by atoms with van der Waals surface area (Å²) < 4.78 is 14.6. The predicted octanol–water partition coefficient (Wildman–Crippen LogP) is 1.47. The largest absolute Gasteiger partial charge is 0.508 e. The van der Waals surface area contributed by atoms with Crippen LogP contribution in [0.5, 0.6) is 5.75 Å². The zero-order valence-electron chi connectivity index (χ0n) is 10.4. The summed E-state index contributed by atoms with van der Waals surface area (Å²) in [7, 11) is 0. The fraction of sp³-hybridized carbons (Fsp3) is 0.182. The second-order valence-electron chi connectivity index (χ2n) is 3.58. The monoisotopic (exact) mass is 222 g/mol. The van der Waals surface area contributed by atoms with Gasteiger partial charge in [0.15, 0.2) is 2.82 Å². The standard InChI is InChI=1S/C11H12N2O3/c12-11-7(2-4-10(15)16)8-5-6(14)1-3-9(8)13-11/h1,3,5,13-14H,2,4,12H2,(H,15,16)/i/hD2. The Kier molecular flexibility index (Phi) is 1.89. The molecule has 2 rings (SSSR count). The number of nitrogens with one attached hydrogen (secondary N) is 1. The van der Waals surface area contributed by atoms with E-state index < -0.39 is 5.97 Å². The van der Waals surface area contributed by atoms with E-state index in [0.717, 1.165) is 0 Å². The molecule has 0 saturated heterocycles. The highest BCUT2D eigenvalue weighted by Gasteiger charge is 2.11. The van der Waals surface area contributed by atoms with Gasteiger partial charge in [-0.2, -0.15) is 0 Å². The molecule has 1 aromatic carbocycles. The fourth-order valence-electron chi connectivity index (χ4n) is 1.71. The van der Waals surface area contributed by atoms with E-state index in [4.69, 9.17) is 7.93 Å². The van der Waals surface area contributed by atoms with Gasteiger partial charge in [-0.25, -0.2) is 0 Å². The maximum atomic E-state index is 10.6.